The third kappa shape index (κ3) is 2.81. The maximum absolute atomic E-state index is 3.81. The van der Waals surface area contributed by atoms with E-state index in [2.05, 4.69) is 59.9 Å². The summed E-state index contributed by atoms with van der Waals surface area (Å²) in [5.74, 6) is 0. The van der Waals surface area contributed by atoms with Crippen LogP contribution in [0.25, 0.3) is 0 Å². The minimum atomic E-state index is -1.24. The molecule has 2 heteroatoms. The molecular formula is C11H15BrSi. The Morgan fingerprint density at radius 3 is 2.31 bits per heavy atom. The van der Waals surface area contributed by atoms with Crippen LogP contribution < -0.4 is 5.19 Å². The number of hydrogen-bond donors (Lipinski definition) is 0. The van der Waals surface area contributed by atoms with Crippen LogP contribution in [0.1, 0.15) is 0 Å². The predicted octanol–water partition coefficient (Wildman–Crippen LogP) is 3.55. The Hall–Kier alpha value is -0.343. The fourth-order valence-electron chi connectivity index (χ4n) is 1.38. The van der Waals surface area contributed by atoms with Gasteiger partial charge in [-0.1, -0.05) is 52.4 Å². The summed E-state index contributed by atoms with van der Waals surface area (Å²) in [7, 11) is -1.24. The average Bonchev–Trinajstić information content (AvgIpc) is 2.05. The molecule has 0 nitrogen and oxygen atoms in total. The van der Waals surface area contributed by atoms with Crippen LogP contribution in [0.4, 0.5) is 0 Å². The van der Waals surface area contributed by atoms with Crippen molar-refractivity contribution in [3.63, 3.8) is 0 Å². The van der Waals surface area contributed by atoms with Gasteiger partial charge in [-0.15, -0.1) is 6.58 Å². The van der Waals surface area contributed by atoms with Gasteiger partial charge in [0, 0.05) is 4.47 Å². The summed E-state index contributed by atoms with van der Waals surface area (Å²) in [6.45, 7) is 8.56. The molecule has 0 heterocycles. The zero-order valence-electron chi connectivity index (χ0n) is 8.18. The minimum Gasteiger partial charge on any atom is -0.103 e. The smallest absolute Gasteiger partial charge is 0.0843 e. The SMILES string of the molecule is C=CC[Si](C)(C)c1ccc(Br)cc1. The van der Waals surface area contributed by atoms with Crippen molar-refractivity contribution in [3.8, 4) is 0 Å². The molecule has 0 aliphatic carbocycles. The number of hydrogen-bond acceptors (Lipinski definition) is 0. The van der Waals surface area contributed by atoms with Gasteiger partial charge in [-0.2, -0.15) is 0 Å². The summed E-state index contributed by atoms with van der Waals surface area (Å²) < 4.78 is 1.15. The van der Waals surface area contributed by atoms with Gasteiger partial charge in [-0.25, -0.2) is 0 Å². The Labute approximate surface area is 89.8 Å². The normalized spacial score (nSPS) is 11.3. The first-order valence-electron chi connectivity index (χ1n) is 4.43. The lowest BCUT2D eigenvalue weighted by Crippen LogP contribution is -2.40. The van der Waals surface area contributed by atoms with E-state index >= 15 is 0 Å². The molecule has 1 aromatic rings. The van der Waals surface area contributed by atoms with Gasteiger partial charge in [0.25, 0.3) is 0 Å². The first-order chi connectivity index (χ1) is 6.06. The van der Waals surface area contributed by atoms with Crippen LogP contribution in [0.15, 0.2) is 41.4 Å². The van der Waals surface area contributed by atoms with Crippen molar-refractivity contribution in [2.75, 3.05) is 0 Å². The molecular weight excluding hydrogens is 240 g/mol. The van der Waals surface area contributed by atoms with Crippen LogP contribution >= 0.6 is 15.9 Å². The molecule has 1 aromatic carbocycles. The molecule has 0 unspecified atom stereocenters. The first kappa shape index (κ1) is 10.7. The summed E-state index contributed by atoms with van der Waals surface area (Å²) in [6.07, 6.45) is 2.04. The molecule has 1 rings (SSSR count). The molecule has 0 aromatic heterocycles. The predicted molar refractivity (Wildman–Crippen MR) is 66.3 cm³/mol. The lowest BCUT2D eigenvalue weighted by Gasteiger charge is -2.20. The minimum absolute atomic E-state index is 1.15. The van der Waals surface area contributed by atoms with Crippen LogP contribution in [0.5, 0.6) is 0 Å². The summed E-state index contributed by atoms with van der Waals surface area (Å²) in [5.41, 5.74) is 0. The standard InChI is InChI=1S/C11H15BrSi/c1-4-9-13(2,3)11-7-5-10(12)6-8-11/h4-8H,1,9H2,2-3H3. The summed E-state index contributed by atoms with van der Waals surface area (Å²) in [6, 6.07) is 9.83. The van der Waals surface area contributed by atoms with Crippen LogP contribution in [-0.2, 0) is 0 Å². The van der Waals surface area contributed by atoms with Crippen molar-refractivity contribution >= 4 is 29.2 Å². The molecule has 0 atom stereocenters. The molecule has 0 spiro atoms. The highest BCUT2D eigenvalue weighted by atomic mass is 79.9. The summed E-state index contributed by atoms with van der Waals surface area (Å²) in [4.78, 5) is 0. The lowest BCUT2D eigenvalue weighted by atomic mass is 10.4. The van der Waals surface area contributed by atoms with Crippen molar-refractivity contribution in [2.24, 2.45) is 0 Å². The maximum Gasteiger partial charge on any atom is 0.0843 e. The van der Waals surface area contributed by atoms with Crippen molar-refractivity contribution < 1.29 is 0 Å². The Bertz CT molecular complexity index is 287. The zero-order valence-corrected chi connectivity index (χ0v) is 10.8. The molecule has 13 heavy (non-hydrogen) atoms. The van der Waals surface area contributed by atoms with E-state index in [-0.39, 0.29) is 0 Å². The fraction of sp³-hybridized carbons (Fsp3) is 0.273. The molecule has 0 fully saturated rings. The van der Waals surface area contributed by atoms with Crippen LogP contribution in [0.3, 0.4) is 0 Å². The molecule has 0 saturated heterocycles. The lowest BCUT2D eigenvalue weighted by molar-refractivity contribution is 1.54. The second-order valence-electron chi connectivity index (χ2n) is 3.88. The highest BCUT2D eigenvalue weighted by molar-refractivity contribution is 9.10. The number of allylic oxidation sites excluding steroid dienone is 1. The second kappa shape index (κ2) is 4.25. The Kier molecular flexibility index (Phi) is 3.51. The van der Waals surface area contributed by atoms with Crippen molar-refractivity contribution in [3.05, 3.63) is 41.4 Å². The zero-order chi connectivity index (χ0) is 9.90. The van der Waals surface area contributed by atoms with E-state index < -0.39 is 8.07 Å². The fourth-order valence-corrected chi connectivity index (χ4v) is 3.67. The molecule has 70 valence electrons. The van der Waals surface area contributed by atoms with Gasteiger partial charge in [0.2, 0.25) is 0 Å². The molecule has 0 aliphatic heterocycles. The van der Waals surface area contributed by atoms with Gasteiger partial charge >= 0.3 is 0 Å². The van der Waals surface area contributed by atoms with E-state index in [1.54, 1.807) is 0 Å². The van der Waals surface area contributed by atoms with Gasteiger partial charge in [-0.3, -0.25) is 0 Å². The van der Waals surface area contributed by atoms with Crippen LogP contribution in [0, 0.1) is 0 Å². The topological polar surface area (TPSA) is 0 Å². The summed E-state index contributed by atoms with van der Waals surface area (Å²) in [5, 5.41) is 1.50. The summed E-state index contributed by atoms with van der Waals surface area (Å²) >= 11 is 3.45. The van der Waals surface area contributed by atoms with E-state index in [1.807, 2.05) is 6.08 Å². The largest absolute Gasteiger partial charge is 0.103 e. The highest BCUT2D eigenvalue weighted by Crippen LogP contribution is 2.13. The van der Waals surface area contributed by atoms with E-state index in [0.717, 1.165) is 10.5 Å². The Morgan fingerprint density at radius 2 is 1.85 bits per heavy atom. The third-order valence-corrected chi connectivity index (χ3v) is 6.01. The van der Waals surface area contributed by atoms with Gasteiger partial charge in [0.15, 0.2) is 0 Å². The van der Waals surface area contributed by atoms with Gasteiger partial charge in [0.1, 0.15) is 0 Å². The Morgan fingerprint density at radius 1 is 1.31 bits per heavy atom. The first-order valence-corrected chi connectivity index (χ1v) is 8.43. The highest BCUT2D eigenvalue weighted by Gasteiger charge is 2.20. The van der Waals surface area contributed by atoms with E-state index in [0.29, 0.717) is 0 Å². The monoisotopic (exact) mass is 254 g/mol. The molecule has 0 N–H and O–H groups in total. The molecule has 0 amide bonds. The quantitative estimate of drug-likeness (QED) is 0.572. The Balaban J connectivity index is 2.93. The molecule has 0 aliphatic rings. The molecule has 0 bridgehead atoms. The second-order valence-corrected chi connectivity index (χ2v) is 9.55. The average molecular weight is 255 g/mol. The number of halogens is 1. The third-order valence-electron chi connectivity index (χ3n) is 2.28. The van der Waals surface area contributed by atoms with Gasteiger partial charge in [0.05, 0.1) is 8.07 Å². The van der Waals surface area contributed by atoms with Gasteiger partial charge in [-0.05, 0) is 18.2 Å². The van der Waals surface area contributed by atoms with Crippen LogP contribution in [0.2, 0.25) is 19.1 Å². The van der Waals surface area contributed by atoms with Crippen molar-refractivity contribution in [1.82, 2.24) is 0 Å². The van der Waals surface area contributed by atoms with Crippen molar-refractivity contribution in [1.29, 1.82) is 0 Å². The molecule has 0 radical (unpaired) electrons. The van der Waals surface area contributed by atoms with E-state index in [4.69, 9.17) is 0 Å². The number of benzene rings is 1. The maximum atomic E-state index is 3.81. The number of rotatable bonds is 3. The molecule has 0 saturated carbocycles. The van der Waals surface area contributed by atoms with Crippen molar-refractivity contribution in [2.45, 2.75) is 19.1 Å². The van der Waals surface area contributed by atoms with Crippen LogP contribution in [-0.4, -0.2) is 8.07 Å². The van der Waals surface area contributed by atoms with E-state index in [1.165, 1.54) is 5.19 Å². The van der Waals surface area contributed by atoms with Gasteiger partial charge < -0.3 is 0 Å². The van der Waals surface area contributed by atoms with E-state index in [9.17, 15) is 0 Å².